The molecule has 2 rings (SSSR count). The van der Waals surface area contributed by atoms with Crippen LogP contribution in [0.4, 0.5) is 0 Å². The van der Waals surface area contributed by atoms with Gasteiger partial charge in [-0.2, -0.15) is 0 Å². The topological polar surface area (TPSA) is 77.4 Å². The predicted octanol–water partition coefficient (Wildman–Crippen LogP) is 7.75. The Balaban J connectivity index is 0.00000162. The Kier molecular flexibility index (Phi) is 24.6. The number of hydrogen-bond donors (Lipinski definition) is 1. The highest BCUT2D eigenvalue weighted by molar-refractivity contribution is 7.79. The van der Waals surface area contributed by atoms with Gasteiger partial charge in [-0.15, -0.1) is 0 Å². The molecule has 2 aromatic carbocycles. The Morgan fingerprint density at radius 2 is 0.738 bits per heavy atom. The summed E-state index contributed by atoms with van der Waals surface area (Å²) in [6.45, 7) is 4.60. The Labute approximate surface area is 269 Å². The Bertz CT molecular complexity index is 901. The van der Waals surface area contributed by atoms with Crippen LogP contribution >= 0.6 is 0 Å². The van der Waals surface area contributed by atoms with Gasteiger partial charge in [-0.1, -0.05) is 154 Å². The van der Waals surface area contributed by atoms with E-state index in [9.17, 15) is 0 Å². The summed E-state index contributed by atoms with van der Waals surface area (Å²) in [5.41, 5.74) is 3.05. The second kappa shape index (κ2) is 26.4. The summed E-state index contributed by atoms with van der Waals surface area (Å²) < 4.78 is 35.9. The first-order valence-electron chi connectivity index (χ1n) is 16.8. The summed E-state index contributed by atoms with van der Waals surface area (Å²) in [5.74, 6) is 0. The van der Waals surface area contributed by atoms with Gasteiger partial charge in [-0.25, -0.2) is 8.42 Å². The monoisotopic (exact) mass is 714 g/mol. The minimum atomic E-state index is -4.92. The van der Waals surface area contributed by atoms with Gasteiger partial charge >= 0.3 is 21.2 Å². The minimum Gasteiger partial charge on any atom is -0.726 e. The Hall–Kier alpha value is -0.960. The molecule has 0 atom stereocenters. The maximum Gasteiger partial charge on any atom is 0.357 e. The van der Waals surface area contributed by atoms with Crippen molar-refractivity contribution in [2.24, 2.45) is 0 Å². The van der Waals surface area contributed by atoms with Gasteiger partial charge < -0.3 is 4.55 Å². The molecule has 0 radical (unpaired) electrons. The molecule has 0 aliphatic heterocycles. The average Bonchev–Trinajstić information content (AvgIpc) is 2.96. The molecular formula is C36H59IO4S. The standard InChI is InChI=1S/C36H58I.H2O4S/c1-3-5-7-9-11-13-15-17-19-21-23-33-25-29-35(30-26-33)37-36-31-27-34(28-32-36)24-22-20-18-16-14-12-10-8-6-4-2;1-5(2,3)4/h25-32H,3-24H2,1-2H3;(H2,1,2,3,4)/q+1;/p-1. The van der Waals surface area contributed by atoms with E-state index in [1.165, 1.54) is 152 Å². The summed E-state index contributed by atoms with van der Waals surface area (Å²) in [6.07, 6.45) is 30.9. The molecule has 2 aromatic rings. The lowest BCUT2D eigenvalue weighted by atomic mass is 10.0. The molecule has 0 amide bonds. The van der Waals surface area contributed by atoms with Gasteiger partial charge in [-0.3, -0.25) is 4.55 Å². The molecule has 0 unspecified atom stereocenters. The Morgan fingerprint density at radius 1 is 0.500 bits per heavy atom. The van der Waals surface area contributed by atoms with E-state index in [-0.39, 0.29) is 21.2 Å². The van der Waals surface area contributed by atoms with Crippen molar-refractivity contribution in [3.63, 3.8) is 0 Å². The van der Waals surface area contributed by atoms with E-state index in [1.807, 2.05) is 0 Å². The van der Waals surface area contributed by atoms with Crippen LogP contribution in [-0.4, -0.2) is 17.5 Å². The number of rotatable bonds is 24. The minimum absolute atomic E-state index is 0.0574. The Morgan fingerprint density at radius 3 is 1.00 bits per heavy atom. The number of aryl methyl sites for hydroxylation is 2. The van der Waals surface area contributed by atoms with Gasteiger partial charge in [0.25, 0.3) is 0 Å². The first kappa shape index (κ1) is 39.1. The van der Waals surface area contributed by atoms with Crippen molar-refractivity contribution in [2.45, 2.75) is 155 Å². The maximum absolute atomic E-state index is 8.63. The second-order valence-electron chi connectivity index (χ2n) is 11.6. The van der Waals surface area contributed by atoms with Crippen molar-refractivity contribution in [2.75, 3.05) is 0 Å². The predicted molar refractivity (Wildman–Crippen MR) is 174 cm³/mol. The molecule has 0 aromatic heterocycles. The SMILES string of the molecule is CCCCCCCCCCCCc1ccc([I+]c2ccc(CCCCCCCCCCCC)cc2)cc1.O=S(=O)([O-])O. The first-order valence-corrected chi connectivity index (χ1v) is 20.3. The molecule has 0 bridgehead atoms. The van der Waals surface area contributed by atoms with Gasteiger partial charge in [0.2, 0.25) is 10.4 Å². The van der Waals surface area contributed by atoms with Crippen molar-refractivity contribution in [1.82, 2.24) is 0 Å². The van der Waals surface area contributed by atoms with Gasteiger partial charge in [0.15, 0.2) is 7.14 Å². The molecule has 0 saturated heterocycles. The molecule has 1 N–H and O–H groups in total. The molecule has 0 saturated carbocycles. The zero-order valence-corrected chi connectivity index (χ0v) is 29.6. The van der Waals surface area contributed by atoms with Gasteiger partial charge in [0.05, 0.1) is 0 Å². The second-order valence-corrected chi connectivity index (χ2v) is 15.5. The van der Waals surface area contributed by atoms with E-state index in [0.717, 1.165) is 0 Å². The van der Waals surface area contributed by atoms with Gasteiger partial charge in [0, 0.05) is 0 Å². The van der Waals surface area contributed by atoms with Crippen molar-refractivity contribution < 1.29 is 38.7 Å². The molecular weight excluding hydrogens is 655 g/mol. The zero-order chi connectivity index (χ0) is 30.7. The molecule has 0 fully saturated rings. The van der Waals surface area contributed by atoms with Crippen LogP contribution < -0.4 is 21.2 Å². The van der Waals surface area contributed by atoms with Gasteiger partial charge in [-0.05, 0) is 61.1 Å². The third-order valence-electron chi connectivity index (χ3n) is 7.68. The smallest absolute Gasteiger partial charge is 0.357 e. The third kappa shape index (κ3) is 25.5. The molecule has 0 aliphatic carbocycles. The molecule has 0 heterocycles. The summed E-state index contributed by atoms with van der Waals surface area (Å²) in [6, 6.07) is 19.2. The van der Waals surface area contributed by atoms with E-state index in [2.05, 4.69) is 62.4 Å². The van der Waals surface area contributed by atoms with Crippen LogP contribution in [0.1, 0.15) is 153 Å². The fraction of sp³-hybridized carbons (Fsp3) is 0.667. The average molecular weight is 715 g/mol. The van der Waals surface area contributed by atoms with E-state index in [0.29, 0.717) is 0 Å². The van der Waals surface area contributed by atoms with E-state index in [4.69, 9.17) is 17.5 Å². The normalized spacial score (nSPS) is 11.3. The van der Waals surface area contributed by atoms with E-state index >= 15 is 0 Å². The zero-order valence-electron chi connectivity index (χ0n) is 26.6. The first-order chi connectivity index (χ1) is 20.3. The van der Waals surface area contributed by atoms with Crippen LogP contribution in [0.15, 0.2) is 48.5 Å². The van der Waals surface area contributed by atoms with Crippen molar-refractivity contribution in [1.29, 1.82) is 0 Å². The number of hydrogen-bond acceptors (Lipinski definition) is 3. The number of unbranched alkanes of at least 4 members (excludes halogenated alkanes) is 18. The largest absolute Gasteiger partial charge is 0.726 e. The highest BCUT2D eigenvalue weighted by Crippen LogP contribution is 2.14. The lowest BCUT2D eigenvalue weighted by Crippen LogP contribution is -3.61. The van der Waals surface area contributed by atoms with Crippen LogP contribution in [0.2, 0.25) is 0 Å². The molecule has 0 aliphatic rings. The quantitative estimate of drug-likeness (QED) is 0.0523. The van der Waals surface area contributed by atoms with Crippen LogP contribution in [0.5, 0.6) is 0 Å². The number of halogens is 1. The van der Waals surface area contributed by atoms with Gasteiger partial charge in [0.1, 0.15) is 0 Å². The van der Waals surface area contributed by atoms with Crippen molar-refractivity contribution in [3.8, 4) is 0 Å². The third-order valence-corrected chi connectivity index (χ3v) is 10.4. The molecule has 0 spiro atoms. The molecule has 240 valence electrons. The lowest BCUT2D eigenvalue weighted by molar-refractivity contribution is -0.597. The number of benzene rings is 2. The summed E-state index contributed by atoms with van der Waals surface area (Å²) >= 11 is -0.0574. The van der Waals surface area contributed by atoms with E-state index < -0.39 is 10.4 Å². The van der Waals surface area contributed by atoms with Crippen LogP contribution in [0, 0.1) is 7.14 Å². The van der Waals surface area contributed by atoms with Crippen LogP contribution in [0.25, 0.3) is 0 Å². The molecule has 42 heavy (non-hydrogen) atoms. The van der Waals surface area contributed by atoms with Crippen molar-refractivity contribution >= 4 is 10.4 Å². The fourth-order valence-electron chi connectivity index (χ4n) is 5.19. The summed E-state index contributed by atoms with van der Waals surface area (Å²) in [4.78, 5) is 0. The van der Waals surface area contributed by atoms with Crippen LogP contribution in [-0.2, 0) is 23.2 Å². The van der Waals surface area contributed by atoms with Crippen molar-refractivity contribution in [3.05, 3.63) is 66.8 Å². The fourth-order valence-corrected chi connectivity index (χ4v) is 7.34. The van der Waals surface area contributed by atoms with Crippen LogP contribution in [0.3, 0.4) is 0 Å². The highest BCUT2D eigenvalue weighted by Gasteiger charge is 2.15. The summed E-state index contributed by atoms with van der Waals surface area (Å²) in [7, 11) is -4.92. The summed E-state index contributed by atoms with van der Waals surface area (Å²) in [5, 5.41) is 0. The van der Waals surface area contributed by atoms with E-state index in [1.54, 1.807) is 7.14 Å². The maximum atomic E-state index is 8.63. The molecule has 6 heteroatoms. The molecule has 4 nitrogen and oxygen atoms in total. The lowest BCUT2D eigenvalue weighted by Gasteiger charge is -2.03. The highest BCUT2D eigenvalue weighted by atomic mass is 127.